The van der Waals surface area contributed by atoms with Crippen molar-refractivity contribution in [3.05, 3.63) is 227 Å². The summed E-state index contributed by atoms with van der Waals surface area (Å²) in [5.74, 6) is 0. The number of hydrogen-bond acceptors (Lipinski definition) is 0. The van der Waals surface area contributed by atoms with Crippen LogP contribution in [0.2, 0.25) is 0 Å². The topological polar surface area (TPSA) is 0 Å². The van der Waals surface area contributed by atoms with E-state index in [1.165, 1.54) is 64.5 Å². The quantitative estimate of drug-likeness (QED) is 0.0993. The van der Waals surface area contributed by atoms with Gasteiger partial charge < -0.3 is 0 Å². The molecule has 7 aromatic rings. The second kappa shape index (κ2) is 15.4. The zero-order chi connectivity index (χ0) is 36.0. The van der Waals surface area contributed by atoms with Crippen molar-refractivity contribution < 1.29 is 0 Å². The summed E-state index contributed by atoms with van der Waals surface area (Å²) in [5, 5.41) is 8.31. The minimum Gasteiger partial charge on any atom is -0.0812 e. The van der Waals surface area contributed by atoms with Gasteiger partial charge in [0.15, 0.2) is 16.1 Å². The number of rotatable bonds is 10. The Kier molecular flexibility index (Phi) is 10.3. The number of hydrogen-bond donors (Lipinski definition) is 0. The Morgan fingerprint density at radius 1 is 0.269 bits per heavy atom. The van der Waals surface area contributed by atoms with Crippen molar-refractivity contribution >= 4 is 59.4 Å². The molecule has 254 valence electrons. The molecule has 0 aliphatic carbocycles. The molecule has 0 atom stereocenters. The van der Waals surface area contributed by atoms with Crippen LogP contribution in [0, 0.1) is 27.7 Å². The molecule has 0 aromatic heterocycles. The van der Waals surface area contributed by atoms with Gasteiger partial charge in [0.1, 0.15) is 0 Å². The number of benzene rings is 7. The van der Waals surface area contributed by atoms with Crippen molar-refractivity contribution in [2.45, 2.75) is 27.7 Å². The fraction of sp³-hybridized carbons (Fsp3) is 0.0800. The summed E-state index contributed by atoms with van der Waals surface area (Å²) in [6.45, 7) is 9.25. The minimum absolute atomic E-state index is 1.32. The summed E-state index contributed by atoms with van der Waals surface area (Å²) in [6.07, 6.45) is 4.91. The monoisotopic (exact) mass is 702 g/mol. The second-order valence-electron chi connectivity index (χ2n) is 13.8. The molecule has 2 heteroatoms. The summed E-state index contributed by atoms with van der Waals surface area (Å²) in [4.78, 5) is 0. The predicted molar refractivity (Wildman–Crippen MR) is 231 cm³/mol. The standard InChI is InChI=1S/C50H46Si2/c1-39-40(2)50(36-38-52(46-29-17-8-18-30-46,47-31-19-9-20-32-47)48-33-21-10-22-34-48)42(4)41(3)49(39)35-37-51(43-23-11-5-12-24-43,44-25-13-6-14-26-44)45-27-15-7-16-28-45/h5-38H,1-4H3. The lowest BCUT2D eigenvalue weighted by molar-refractivity contribution is 1.21. The second-order valence-corrected chi connectivity index (χ2v) is 21.2. The van der Waals surface area contributed by atoms with Crippen LogP contribution in [0.5, 0.6) is 0 Å². The van der Waals surface area contributed by atoms with Crippen LogP contribution in [0.3, 0.4) is 0 Å². The highest BCUT2D eigenvalue weighted by Gasteiger charge is 2.38. The van der Waals surface area contributed by atoms with Crippen LogP contribution >= 0.6 is 0 Å². The maximum Gasteiger partial charge on any atom is 0.172 e. The van der Waals surface area contributed by atoms with Crippen LogP contribution in [0.15, 0.2) is 193 Å². The Morgan fingerprint density at radius 3 is 0.615 bits per heavy atom. The molecule has 0 aliphatic rings. The van der Waals surface area contributed by atoms with Crippen LogP contribution in [0.25, 0.3) is 12.2 Å². The van der Waals surface area contributed by atoms with Gasteiger partial charge in [0.05, 0.1) is 0 Å². The van der Waals surface area contributed by atoms with E-state index in [-0.39, 0.29) is 0 Å². The fourth-order valence-electron chi connectivity index (χ4n) is 8.07. The van der Waals surface area contributed by atoms with Crippen molar-refractivity contribution in [2.75, 3.05) is 0 Å². The van der Waals surface area contributed by atoms with Gasteiger partial charge in [-0.2, -0.15) is 0 Å². The first-order chi connectivity index (χ1) is 25.5. The molecule has 0 amide bonds. The van der Waals surface area contributed by atoms with Crippen molar-refractivity contribution in [3.8, 4) is 0 Å². The third kappa shape index (κ3) is 6.41. The first-order valence-corrected chi connectivity index (χ1v) is 22.4. The van der Waals surface area contributed by atoms with E-state index >= 15 is 0 Å². The summed E-state index contributed by atoms with van der Waals surface area (Å²) in [7, 11) is -5.08. The molecule has 0 radical (unpaired) electrons. The van der Waals surface area contributed by atoms with Crippen molar-refractivity contribution in [3.63, 3.8) is 0 Å². The van der Waals surface area contributed by atoms with Gasteiger partial charge in [-0.1, -0.05) is 206 Å². The molecule has 0 bridgehead atoms. The lowest BCUT2D eigenvalue weighted by Gasteiger charge is -2.31. The average molecular weight is 703 g/mol. The highest BCUT2D eigenvalue weighted by atomic mass is 28.3. The van der Waals surface area contributed by atoms with E-state index in [9.17, 15) is 0 Å². The molecule has 0 spiro atoms. The van der Waals surface area contributed by atoms with Crippen molar-refractivity contribution in [2.24, 2.45) is 0 Å². The SMILES string of the molecule is Cc1c(C)c(C=C[Si](c2ccccc2)(c2ccccc2)c2ccccc2)c(C)c(C)c1C=C[Si](c1ccccc1)(c1ccccc1)c1ccccc1. The molecule has 0 saturated heterocycles. The largest absolute Gasteiger partial charge is 0.172 e. The maximum atomic E-state index is 2.58. The van der Waals surface area contributed by atoms with E-state index in [2.05, 4.69) is 233 Å². The fourth-order valence-corrected chi connectivity index (χ4v) is 16.4. The Morgan fingerprint density at radius 2 is 0.442 bits per heavy atom. The first kappa shape index (κ1) is 34.9. The summed E-state index contributed by atoms with van der Waals surface area (Å²) in [6, 6.07) is 66.9. The van der Waals surface area contributed by atoms with Crippen molar-refractivity contribution in [1.29, 1.82) is 0 Å². The molecule has 7 aromatic carbocycles. The third-order valence-electron chi connectivity index (χ3n) is 11.1. The third-order valence-corrected chi connectivity index (χ3v) is 19.9. The van der Waals surface area contributed by atoms with E-state index in [0.29, 0.717) is 0 Å². The molecule has 0 nitrogen and oxygen atoms in total. The molecular formula is C50H46Si2. The summed E-state index contributed by atoms with van der Waals surface area (Å²) < 4.78 is 0. The first-order valence-electron chi connectivity index (χ1n) is 18.3. The van der Waals surface area contributed by atoms with Gasteiger partial charge in [0, 0.05) is 0 Å². The molecular weight excluding hydrogens is 657 g/mol. The van der Waals surface area contributed by atoms with Gasteiger partial charge in [0.2, 0.25) is 0 Å². The van der Waals surface area contributed by atoms with Gasteiger partial charge in [0.25, 0.3) is 0 Å². The van der Waals surface area contributed by atoms with Gasteiger partial charge in [-0.05, 0) is 92.2 Å². The van der Waals surface area contributed by atoms with Gasteiger partial charge in [-0.15, -0.1) is 0 Å². The molecule has 0 N–H and O–H groups in total. The predicted octanol–water partition coefficient (Wildman–Crippen LogP) is 8.37. The minimum atomic E-state index is -2.54. The molecule has 0 aliphatic heterocycles. The maximum absolute atomic E-state index is 2.58. The molecule has 7 rings (SSSR count). The molecule has 52 heavy (non-hydrogen) atoms. The van der Waals surface area contributed by atoms with E-state index in [4.69, 9.17) is 0 Å². The molecule has 0 fully saturated rings. The van der Waals surface area contributed by atoms with E-state index in [1.54, 1.807) is 0 Å². The zero-order valence-corrected chi connectivity index (χ0v) is 32.6. The highest BCUT2D eigenvalue weighted by Crippen LogP contribution is 2.30. The Labute approximate surface area is 312 Å². The molecule has 0 heterocycles. The Bertz CT molecular complexity index is 1900. The van der Waals surface area contributed by atoms with Crippen molar-refractivity contribution in [1.82, 2.24) is 0 Å². The van der Waals surface area contributed by atoms with Gasteiger partial charge in [-0.3, -0.25) is 0 Å². The molecule has 0 saturated carbocycles. The van der Waals surface area contributed by atoms with Gasteiger partial charge >= 0.3 is 0 Å². The van der Waals surface area contributed by atoms with Crippen LogP contribution in [0.4, 0.5) is 0 Å². The van der Waals surface area contributed by atoms with Gasteiger partial charge in [-0.25, -0.2) is 0 Å². The van der Waals surface area contributed by atoms with Crippen LogP contribution in [-0.2, 0) is 0 Å². The Hall–Kier alpha value is -5.55. The lowest BCUT2D eigenvalue weighted by Crippen LogP contribution is -2.66. The lowest BCUT2D eigenvalue weighted by atomic mass is 9.89. The smallest absolute Gasteiger partial charge is 0.0812 e. The summed E-state index contributed by atoms with van der Waals surface area (Å²) >= 11 is 0. The Balaban J connectivity index is 1.41. The van der Waals surface area contributed by atoms with E-state index < -0.39 is 16.1 Å². The molecule has 0 unspecified atom stereocenters. The van der Waals surface area contributed by atoms with Crippen LogP contribution in [-0.4, -0.2) is 16.1 Å². The van der Waals surface area contributed by atoms with Crippen LogP contribution in [0.1, 0.15) is 33.4 Å². The van der Waals surface area contributed by atoms with E-state index in [1.807, 2.05) is 0 Å². The highest BCUT2D eigenvalue weighted by molar-refractivity contribution is 7.15. The van der Waals surface area contributed by atoms with E-state index in [0.717, 1.165) is 0 Å². The zero-order valence-electron chi connectivity index (χ0n) is 30.6. The average Bonchev–Trinajstić information content (AvgIpc) is 3.22. The van der Waals surface area contributed by atoms with Crippen LogP contribution < -0.4 is 31.1 Å². The summed E-state index contributed by atoms with van der Waals surface area (Å²) in [5.41, 5.74) is 13.1. The normalized spacial score (nSPS) is 12.1.